The SMILES string of the molecule is C[C@@H](c1ccccc1)C1/C(=C/[Si](C)(C)c2ccccc2)C1(C)C. The molecule has 1 saturated carbocycles. The predicted octanol–water partition coefficient (Wildman–Crippen LogP) is 5.53. The van der Waals surface area contributed by atoms with E-state index in [1.54, 1.807) is 5.57 Å². The van der Waals surface area contributed by atoms with Gasteiger partial charge in [-0.3, -0.25) is 0 Å². The maximum atomic E-state index is 2.66. The molecule has 1 aliphatic rings. The molecular formula is C22H28Si. The fourth-order valence-corrected chi connectivity index (χ4v) is 6.62. The Balaban J connectivity index is 1.89. The highest BCUT2D eigenvalue weighted by Gasteiger charge is 2.55. The van der Waals surface area contributed by atoms with Gasteiger partial charge >= 0.3 is 0 Å². The molecular weight excluding hydrogens is 292 g/mol. The normalized spacial score (nSPS) is 22.8. The maximum Gasteiger partial charge on any atom is 0.104 e. The van der Waals surface area contributed by atoms with E-state index in [0.717, 1.165) is 0 Å². The van der Waals surface area contributed by atoms with Crippen LogP contribution in [0.1, 0.15) is 32.3 Å². The van der Waals surface area contributed by atoms with Gasteiger partial charge in [0.15, 0.2) is 0 Å². The highest BCUT2D eigenvalue weighted by atomic mass is 28.3. The molecule has 0 amide bonds. The average Bonchev–Trinajstić information content (AvgIpc) is 3.08. The highest BCUT2D eigenvalue weighted by Crippen LogP contribution is 2.63. The van der Waals surface area contributed by atoms with Crippen LogP contribution in [0.4, 0.5) is 0 Å². The van der Waals surface area contributed by atoms with Crippen molar-refractivity contribution in [3.8, 4) is 0 Å². The third-order valence-corrected chi connectivity index (χ3v) is 8.49. The van der Waals surface area contributed by atoms with Crippen molar-refractivity contribution in [2.24, 2.45) is 11.3 Å². The predicted molar refractivity (Wildman–Crippen MR) is 104 cm³/mol. The molecule has 0 aliphatic heterocycles. The van der Waals surface area contributed by atoms with E-state index in [-0.39, 0.29) is 0 Å². The van der Waals surface area contributed by atoms with Crippen molar-refractivity contribution in [2.75, 3.05) is 0 Å². The number of allylic oxidation sites excluding steroid dienone is 1. The topological polar surface area (TPSA) is 0 Å². The molecule has 0 N–H and O–H groups in total. The molecule has 0 saturated heterocycles. The fraction of sp³-hybridized carbons (Fsp3) is 0.364. The lowest BCUT2D eigenvalue weighted by Crippen LogP contribution is -2.39. The standard InChI is InChI=1S/C22H28Si/c1-17(18-12-8-6-9-13-18)21-20(22(21,2)3)16-23(4,5)19-14-10-7-11-15-19/h6-17,21H,1-5H3/b20-16-/t17-,21?/m0/s1. The van der Waals surface area contributed by atoms with Crippen LogP contribution in [0.2, 0.25) is 13.1 Å². The second-order valence-electron chi connectivity index (χ2n) is 8.09. The first-order valence-corrected chi connectivity index (χ1v) is 11.8. The van der Waals surface area contributed by atoms with Gasteiger partial charge in [0.2, 0.25) is 0 Å². The van der Waals surface area contributed by atoms with Crippen molar-refractivity contribution >= 4 is 13.3 Å². The van der Waals surface area contributed by atoms with Gasteiger partial charge in [-0.05, 0) is 22.8 Å². The van der Waals surface area contributed by atoms with Crippen molar-refractivity contribution in [2.45, 2.75) is 39.8 Å². The fourth-order valence-electron chi connectivity index (χ4n) is 4.07. The average molecular weight is 321 g/mol. The summed E-state index contributed by atoms with van der Waals surface area (Å²) >= 11 is 0. The van der Waals surface area contributed by atoms with Crippen LogP contribution in [-0.4, -0.2) is 8.07 Å². The van der Waals surface area contributed by atoms with Gasteiger partial charge in [0.05, 0.1) is 0 Å². The maximum absolute atomic E-state index is 2.66. The van der Waals surface area contributed by atoms with E-state index in [2.05, 4.69) is 100 Å². The summed E-state index contributed by atoms with van der Waals surface area (Å²) in [6.45, 7) is 12.2. The zero-order valence-electron chi connectivity index (χ0n) is 15.0. The first-order valence-electron chi connectivity index (χ1n) is 8.68. The molecule has 1 aliphatic carbocycles. The Morgan fingerprint density at radius 2 is 1.43 bits per heavy atom. The summed E-state index contributed by atoms with van der Waals surface area (Å²) in [5, 5.41) is 1.53. The van der Waals surface area contributed by atoms with Gasteiger partial charge in [0, 0.05) is 0 Å². The van der Waals surface area contributed by atoms with E-state index < -0.39 is 8.07 Å². The quantitative estimate of drug-likeness (QED) is 0.650. The minimum Gasteiger partial charge on any atom is -0.0902 e. The van der Waals surface area contributed by atoms with Crippen LogP contribution in [0.3, 0.4) is 0 Å². The van der Waals surface area contributed by atoms with Crippen molar-refractivity contribution in [3.05, 3.63) is 77.5 Å². The molecule has 0 heterocycles. The van der Waals surface area contributed by atoms with Crippen LogP contribution in [0, 0.1) is 11.3 Å². The summed E-state index contributed by atoms with van der Waals surface area (Å²) in [7, 11) is -1.52. The molecule has 3 rings (SSSR count). The molecule has 1 unspecified atom stereocenters. The first-order chi connectivity index (χ1) is 10.8. The molecule has 1 fully saturated rings. The van der Waals surface area contributed by atoms with E-state index >= 15 is 0 Å². The minimum absolute atomic E-state index is 0.342. The molecule has 1 heteroatoms. The van der Waals surface area contributed by atoms with E-state index in [1.165, 1.54) is 10.8 Å². The molecule has 2 aromatic carbocycles. The number of hydrogen-bond donors (Lipinski definition) is 0. The Hall–Kier alpha value is -1.60. The van der Waals surface area contributed by atoms with Gasteiger partial charge in [0.1, 0.15) is 8.07 Å². The monoisotopic (exact) mass is 320 g/mol. The molecule has 120 valence electrons. The summed E-state index contributed by atoms with van der Waals surface area (Å²) in [4.78, 5) is 0. The Kier molecular flexibility index (Phi) is 4.10. The van der Waals surface area contributed by atoms with E-state index in [4.69, 9.17) is 0 Å². The number of hydrogen-bond acceptors (Lipinski definition) is 0. The van der Waals surface area contributed by atoms with Crippen LogP contribution < -0.4 is 5.19 Å². The number of benzene rings is 2. The van der Waals surface area contributed by atoms with Gasteiger partial charge in [-0.25, -0.2) is 0 Å². The zero-order chi connectivity index (χ0) is 16.7. The lowest BCUT2D eigenvalue weighted by atomic mass is 9.92. The van der Waals surface area contributed by atoms with Crippen molar-refractivity contribution in [1.29, 1.82) is 0 Å². The largest absolute Gasteiger partial charge is 0.104 e. The molecule has 0 bridgehead atoms. The highest BCUT2D eigenvalue weighted by molar-refractivity contribution is 6.94. The molecule has 2 atom stereocenters. The molecule has 0 spiro atoms. The second kappa shape index (κ2) is 5.79. The lowest BCUT2D eigenvalue weighted by Gasteiger charge is -2.18. The molecule has 0 nitrogen and oxygen atoms in total. The van der Waals surface area contributed by atoms with Crippen molar-refractivity contribution in [1.82, 2.24) is 0 Å². The Bertz CT molecular complexity index is 695. The van der Waals surface area contributed by atoms with Gasteiger partial charge in [-0.2, -0.15) is 0 Å². The molecule has 0 radical (unpaired) electrons. The summed E-state index contributed by atoms with van der Waals surface area (Å²) in [6, 6.07) is 22.0. The second-order valence-corrected chi connectivity index (χ2v) is 12.4. The smallest absolute Gasteiger partial charge is 0.0902 e. The Morgan fingerprint density at radius 1 is 0.913 bits per heavy atom. The third-order valence-electron chi connectivity index (χ3n) is 5.63. The van der Waals surface area contributed by atoms with Crippen LogP contribution in [0.25, 0.3) is 0 Å². The van der Waals surface area contributed by atoms with Gasteiger partial charge in [-0.1, -0.05) is 111 Å². The minimum atomic E-state index is -1.52. The summed E-state index contributed by atoms with van der Waals surface area (Å²) in [5.74, 6) is 1.28. The first kappa shape index (κ1) is 16.3. The summed E-state index contributed by atoms with van der Waals surface area (Å²) < 4.78 is 0. The van der Waals surface area contributed by atoms with E-state index in [9.17, 15) is 0 Å². The number of rotatable bonds is 4. The van der Waals surface area contributed by atoms with Crippen LogP contribution >= 0.6 is 0 Å². The Morgan fingerprint density at radius 3 is 2.00 bits per heavy atom. The van der Waals surface area contributed by atoms with Gasteiger partial charge in [-0.15, -0.1) is 0 Å². The third kappa shape index (κ3) is 3.07. The zero-order valence-corrected chi connectivity index (χ0v) is 16.0. The summed E-state index contributed by atoms with van der Waals surface area (Å²) in [5.41, 5.74) is 6.14. The van der Waals surface area contributed by atoms with Gasteiger partial charge < -0.3 is 0 Å². The molecule has 2 aromatic rings. The van der Waals surface area contributed by atoms with Crippen LogP contribution in [0.5, 0.6) is 0 Å². The van der Waals surface area contributed by atoms with Crippen molar-refractivity contribution in [3.63, 3.8) is 0 Å². The lowest BCUT2D eigenvalue weighted by molar-refractivity contribution is 0.505. The Labute approximate surface area is 142 Å². The van der Waals surface area contributed by atoms with Crippen LogP contribution in [0.15, 0.2) is 71.9 Å². The van der Waals surface area contributed by atoms with Crippen molar-refractivity contribution < 1.29 is 0 Å². The molecule has 0 aromatic heterocycles. The van der Waals surface area contributed by atoms with Crippen LogP contribution in [-0.2, 0) is 0 Å². The van der Waals surface area contributed by atoms with E-state index in [1.807, 2.05) is 0 Å². The molecule has 23 heavy (non-hydrogen) atoms. The van der Waals surface area contributed by atoms with Gasteiger partial charge in [0.25, 0.3) is 0 Å². The van der Waals surface area contributed by atoms with E-state index in [0.29, 0.717) is 17.3 Å². The summed E-state index contributed by atoms with van der Waals surface area (Å²) in [6.07, 6.45) is 0.